The van der Waals surface area contributed by atoms with E-state index in [1.165, 1.54) is 0 Å². The van der Waals surface area contributed by atoms with Gasteiger partial charge in [-0.15, -0.1) is 6.42 Å². The number of benzene rings is 1. The molecule has 0 aliphatic rings. The highest BCUT2D eigenvalue weighted by Gasteiger charge is 2.12. The van der Waals surface area contributed by atoms with Crippen LogP contribution in [-0.4, -0.2) is 22.6 Å². The molecule has 0 atom stereocenters. The van der Waals surface area contributed by atoms with Gasteiger partial charge in [-0.2, -0.15) is 5.10 Å². The maximum atomic E-state index is 11.6. The maximum absolute atomic E-state index is 11.6. The third kappa shape index (κ3) is 1.67. The second-order valence-electron chi connectivity index (χ2n) is 3.00. The number of para-hydroxylation sites is 1. The number of aromatic nitrogens is 2. The van der Waals surface area contributed by atoms with Crippen LogP contribution in [0, 0.1) is 12.3 Å². The first-order valence-corrected chi connectivity index (χ1v) is 4.47. The number of terminal acetylenes is 1. The molecule has 0 radical (unpaired) electrons. The van der Waals surface area contributed by atoms with Crippen LogP contribution in [0.5, 0.6) is 0 Å². The van der Waals surface area contributed by atoms with E-state index >= 15 is 0 Å². The highest BCUT2D eigenvalue weighted by Crippen LogP contribution is 2.14. The van der Waals surface area contributed by atoms with Gasteiger partial charge in [0.25, 0.3) is 5.91 Å². The second-order valence-corrected chi connectivity index (χ2v) is 3.00. The van der Waals surface area contributed by atoms with Crippen LogP contribution >= 0.6 is 0 Å². The number of nitrogens with zero attached hydrogens (tertiary/aromatic N) is 1. The number of carbonyl (C=O) groups excluding carboxylic acids is 1. The normalized spacial score (nSPS) is 9.80. The van der Waals surface area contributed by atoms with Crippen LogP contribution in [0.1, 0.15) is 10.5 Å². The first kappa shape index (κ1) is 9.28. The minimum atomic E-state index is -0.259. The lowest BCUT2D eigenvalue weighted by Crippen LogP contribution is -2.24. The van der Waals surface area contributed by atoms with Crippen LogP contribution in [0.4, 0.5) is 0 Å². The number of hydrogen-bond donors (Lipinski definition) is 2. The Balaban J connectivity index is 2.36. The molecule has 0 saturated carbocycles. The topological polar surface area (TPSA) is 57.8 Å². The van der Waals surface area contributed by atoms with Crippen LogP contribution in [-0.2, 0) is 0 Å². The summed E-state index contributed by atoms with van der Waals surface area (Å²) in [5.74, 6) is 2.08. The van der Waals surface area contributed by atoms with E-state index < -0.39 is 0 Å². The van der Waals surface area contributed by atoms with Crippen molar-refractivity contribution in [3.8, 4) is 12.3 Å². The van der Waals surface area contributed by atoms with Crippen LogP contribution in [0.25, 0.3) is 10.9 Å². The van der Waals surface area contributed by atoms with Crippen molar-refractivity contribution in [1.82, 2.24) is 15.5 Å². The van der Waals surface area contributed by atoms with Crippen LogP contribution in [0.3, 0.4) is 0 Å². The molecule has 1 aromatic carbocycles. The Kier molecular flexibility index (Phi) is 2.38. The van der Waals surface area contributed by atoms with Gasteiger partial charge < -0.3 is 5.32 Å². The molecule has 1 heterocycles. The molecular weight excluding hydrogens is 190 g/mol. The van der Waals surface area contributed by atoms with Crippen molar-refractivity contribution in [2.45, 2.75) is 0 Å². The molecule has 4 nitrogen and oxygen atoms in total. The van der Waals surface area contributed by atoms with Gasteiger partial charge in [-0.25, -0.2) is 0 Å². The van der Waals surface area contributed by atoms with Crippen molar-refractivity contribution < 1.29 is 4.79 Å². The minimum Gasteiger partial charge on any atom is -0.340 e. The Bertz CT molecular complexity index is 536. The summed E-state index contributed by atoms with van der Waals surface area (Å²) in [5, 5.41) is 10.1. The predicted molar refractivity (Wildman–Crippen MR) is 57.3 cm³/mol. The Morgan fingerprint density at radius 2 is 2.33 bits per heavy atom. The van der Waals surface area contributed by atoms with Gasteiger partial charge in [0.05, 0.1) is 12.1 Å². The fourth-order valence-electron chi connectivity index (χ4n) is 1.35. The molecule has 0 bridgehead atoms. The molecule has 2 rings (SSSR count). The van der Waals surface area contributed by atoms with E-state index in [1.54, 1.807) is 0 Å². The molecule has 1 aromatic heterocycles. The van der Waals surface area contributed by atoms with E-state index in [9.17, 15) is 4.79 Å². The smallest absolute Gasteiger partial charge is 0.273 e. The maximum Gasteiger partial charge on any atom is 0.273 e. The van der Waals surface area contributed by atoms with Gasteiger partial charge in [0, 0.05) is 5.39 Å². The Hall–Kier alpha value is -2.28. The molecule has 0 fully saturated rings. The van der Waals surface area contributed by atoms with E-state index in [0.29, 0.717) is 5.69 Å². The van der Waals surface area contributed by atoms with Crippen molar-refractivity contribution in [1.29, 1.82) is 0 Å². The summed E-state index contributed by atoms with van der Waals surface area (Å²) in [6.45, 7) is 0.208. The Morgan fingerprint density at radius 1 is 1.53 bits per heavy atom. The highest BCUT2D eigenvalue weighted by atomic mass is 16.1. The largest absolute Gasteiger partial charge is 0.340 e. The Labute approximate surface area is 86.7 Å². The number of fused-ring (bicyclic) bond motifs is 1. The number of carbonyl (C=O) groups is 1. The van der Waals surface area contributed by atoms with Crippen molar-refractivity contribution in [3.05, 3.63) is 30.0 Å². The van der Waals surface area contributed by atoms with E-state index in [0.717, 1.165) is 10.9 Å². The molecule has 74 valence electrons. The van der Waals surface area contributed by atoms with Gasteiger partial charge in [0.15, 0.2) is 5.69 Å². The predicted octanol–water partition coefficient (Wildman–Crippen LogP) is 0.926. The lowest BCUT2D eigenvalue weighted by atomic mass is 10.2. The molecule has 0 aliphatic heterocycles. The number of rotatable bonds is 2. The third-order valence-corrected chi connectivity index (χ3v) is 2.04. The second kappa shape index (κ2) is 3.84. The zero-order valence-corrected chi connectivity index (χ0v) is 7.95. The van der Waals surface area contributed by atoms with E-state index in [-0.39, 0.29) is 12.5 Å². The summed E-state index contributed by atoms with van der Waals surface area (Å²) in [6.07, 6.45) is 5.05. The van der Waals surface area contributed by atoms with Crippen molar-refractivity contribution in [2.24, 2.45) is 0 Å². The van der Waals surface area contributed by atoms with Crippen molar-refractivity contribution >= 4 is 16.8 Å². The first-order chi connectivity index (χ1) is 7.33. The highest BCUT2D eigenvalue weighted by molar-refractivity contribution is 6.04. The van der Waals surface area contributed by atoms with Crippen LogP contribution < -0.4 is 5.32 Å². The van der Waals surface area contributed by atoms with Gasteiger partial charge in [-0.3, -0.25) is 9.89 Å². The van der Waals surface area contributed by atoms with Gasteiger partial charge in [0.1, 0.15) is 0 Å². The molecule has 0 spiro atoms. The summed E-state index contributed by atoms with van der Waals surface area (Å²) in [6, 6.07) is 7.43. The standard InChI is InChI=1S/C11H9N3O/c1-2-7-12-11(15)10-8-5-3-4-6-9(8)13-14-10/h1,3-6H,7H2,(H,12,15)(H,13,14). The average molecular weight is 199 g/mol. The van der Waals surface area contributed by atoms with Crippen molar-refractivity contribution in [3.63, 3.8) is 0 Å². The zero-order chi connectivity index (χ0) is 10.7. The molecular formula is C11H9N3O. The van der Waals surface area contributed by atoms with Gasteiger partial charge in [-0.1, -0.05) is 24.1 Å². The van der Waals surface area contributed by atoms with Gasteiger partial charge >= 0.3 is 0 Å². The average Bonchev–Trinajstić information content (AvgIpc) is 2.69. The SMILES string of the molecule is C#CCNC(=O)c1n[nH]c2ccccc12. The Morgan fingerprint density at radius 3 is 3.13 bits per heavy atom. The molecule has 0 aliphatic carbocycles. The summed E-state index contributed by atoms with van der Waals surface area (Å²) < 4.78 is 0. The third-order valence-electron chi connectivity index (χ3n) is 2.04. The number of aromatic amines is 1. The number of amides is 1. The van der Waals surface area contributed by atoms with Gasteiger partial charge in [0.2, 0.25) is 0 Å². The molecule has 0 unspecified atom stereocenters. The molecule has 0 saturated heterocycles. The van der Waals surface area contributed by atoms with E-state index in [2.05, 4.69) is 21.4 Å². The molecule has 2 N–H and O–H groups in total. The number of nitrogens with one attached hydrogen (secondary N) is 2. The number of H-pyrrole nitrogens is 1. The first-order valence-electron chi connectivity index (χ1n) is 4.47. The fraction of sp³-hybridized carbons (Fsp3) is 0.0909. The summed E-state index contributed by atoms with van der Waals surface area (Å²) in [4.78, 5) is 11.6. The van der Waals surface area contributed by atoms with Crippen molar-refractivity contribution in [2.75, 3.05) is 6.54 Å². The zero-order valence-electron chi connectivity index (χ0n) is 7.95. The lowest BCUT2D eigenvalue weighted by Gasteiger charge is -1.97. The summed E-state index contributed by atoms with van der Waals surface area (Å²) in [5.41, 5.74) is 1.21. The quantitative estimate of drug-likeness (QED) is 0.707. The van der Waals surface area contributed by atoms with Crippen LogP contribution in [0.15, 0.2) is 24.3 Å². The van der Waals surface area contributed by atoms with Gasteiger partial charge in [-0.05, 0) is 6.07 Å². The van der Waals surface area contributed by atoms with Crippen LogP contribution in [0.2, 0.25) is 0 Å². The summed E-state index contributed by atoms with van der Waals surface area (Å²) >= 11 is 0. The van der Waals surface area contributed by atoms with E-state index in [1.807, 2.05) is 24.3 Å². The fourth-order valence-corrected chi connectivity index (χ4v) is 1.35. The molecule has 1 amide bonds. The molecule has 2 aromatic rings. The monoisotopic (exact) mass is 199 g/mol. The minimum absolute atomic E-state index is 0.208. The lowest BCUT2D eigenvalue weighted by molar-refractivity contribution is 0.0955. The van der Waals surface area contributed by atoms with E-state index in [4.69, 9.17) is 6.42 Å². The molecule has 15 heavy (non-hydrogen) atoms. The molecule has 4 heteroatoms. The number of hydrogen-bond acceptors (Lipinski definition) is 2. The summed E-state index contributed by atoms with van der Waals surface area (Å²) in [7, 11) is 0.